The zero-order valence-corrected chi connectivity index (χ0v) is 18.1. The van der Waals surface area contributed by atoms with Crippen LogP contribution >= 0.6 is 0 Å². The van der Waals surface area contributed by atoms with Gasteiger partial charge >= 0.3 is 0 Å². The van der Waals surface area contributed by atoms with Gasteiger partial charge in [-0.25, -0.2) is 9.36 Å². The summed E-state index contributed by atoms with van der Waals surface area (Å²) in [6, 6.07) is 25.3. The third-order valence-corrected chi connectivity index (χ3v) is 5.32. The smallest absolute Gasteiger partial charge is 0.272 e. The lowest BCUT2D eigenvalue weighted by molar-refractivity contribution is 0.0945. The molecule has 0 radical (unpaired) electrons. The van der Waals surface area contributed by atoms with E-state index in [-0.39, 0.29) is 5.91 Å². The molecule has 0 atom stereocenters. The van der Waals surface area contributed by atoms with E-state index >= 15 is 0 Å². The molecule has 162 valence electrons. The summed E-state index contributed by atoms with van der Waals surface area (Å²) in [5, 5.41) is 12.3. The van der Waals surface area contributed by atoms with Crippen LogP contribution in [-0.4, -0.2) is 30.5 Å². The van der Waals surface area contributed by atoms with Crippen LogP contribution in [0.1, 0.15) is 21.7 Å². The van der Waals surface area contributed by atoms with Crippen molar-refractivity contribution >= 4 is 5.91 Å². The molecule has 33 heavy (non-hydrogen) atoms. The third kappa shape index (κ3) is 4.29. The molecule has 3 aromatic heterocycles. The number of hydrogen-bond acceptors (Lipinski definition) is 4. The van der Waals surface area contributed by atoms with Gasteiger partial charge in [0.2, 0.25) is 0 Å². The highest BCUT2D eigenvalue weighted by Gasteiger charge is 2.16. The molecule has 7 nitrogen and oxygen atoms in total. The lowest BCUT2D eigenvalue weighted by Crippen LogP contribution is -2.23. The molecule has 2 aromatic carbocycles. The first-order valence-corrected chi connectivity index (χ1v) is 10.6. The zero-order chi connectivity index (χ0) is 22.6. The average Bonchev–Trinajstić information content (AvgIpc) is 3.48. The number of para-hydroxylation sites is 2. The molecule has 1 N–H and O–H groups in total. The molecule has 0 aliphatic heterocycles. The van der Waals surface area contributed by atoms with Crippen LogP contribution in [0.5, 0.6) is 0 Å². The van der Waals surface area contributed by atoms with Gasteiger partial charge in [0.1, 0.15) is 0 Å². The molecule has 0 saturated carbocycles. The summed E-state index contributed by atoms with van der Waals surface area (Å²) >= 11 is 0. The standard InChI is InChI=1S/C26H22N6O/c1-19-16-24(29-32(19)23-10-6-3-7-11-23)26(33)28-17-21-18-31(22-8-4-2-5-9-22)30-25(21)20-12-14-27-15-13-20/h2-16,18H,17H2,1H3,(H,28,33). The lowest BCUT2D eigenvalue weighted by atomic mass is 10.1. The van der Waals surface area contributed by atoms with E-state index in [1.165, 1.54) is 0 Å². The summed E-state index contributed by atoms with van der Waals surface area (Å²) in [6.45, 7) is 2.25. The molecule has 0 spiro atoms. The Balaban J connectivity index is 1.40. The summed E-state index contributed by atoms with van der Waals surface area (Å²) in [5.74, 6) is -0.235. The van der Waals surface area contributed by atoms with Crippen molar-refractivity contribution in [1.29, 1.82) is 0 Å². The van der Waals surface area contributed by atoms with Crippen LogP contribution in [-0.2, 0) is 6.54 Å². The van der Waals surface area contributed by atoms with Crippen molar-refractivity contribution in [3.05, 3.63) is 114 Å². The van der Waals surface area contributed by atoms with E-state index in [1.54, 1.807) is 23.1 Å². The van der Waals surface area contributed by atoms with Gasteiger partial charge in [-0.2, -0.15) is 10.2 Å². The monoisotopic (exact) mass is 434 g/mol. The van der Waals surface area contributed by atoms with Crippen molar-refractivity contribution in [2.75, 3.05) is 0 Å². The highest BCUT2D eigenvalue weighted by molar-refractivity contribution is 5.92. The van der Waals surface area contributed by atoms with Crippen LogP contribution in [0, 0.1) is 6.92 Å². The van der Waals surface area contributed by atoms with E-state index in [0.717, 1.165) is 33.9 Å². The summed E-state index contributed by atoms with van der Waals surface area (Å²) < 4.78 is 3.59. The van der Waals surface area contributed by atoms with E-state index in [4.69, 9.17) is 5.10 Å². The van der Waals surface area contributed by atoms with Crippen molar-refractivity contribution in [2.45, 2.75) is 13.5 Å². The van der Waals surface area contributed by atoms with Crippen LogP contribution in [0.15, 0.2) is 97.5 Å². The summed E-state index contributed by atoms with van der Waals surface area (Å²) in [7, 11) is 0. The second-order valence-corrected chi connectivity index (χ2v) is 7.62. The fourth-order valence-electron chi connectivity index (χ4n) is 3.69. The highest BCUT2D eigenvalue weighted by Crippen LogP contribution is 2.23. The predicted octanol–water partition coefficient (Wildman–Crippen LogP) is 4.36. The van der Waals surface area contributed by atoms with Gasteiger partial charge in [-0.3, -0.25) is 9.78 Å². The minimum atomic E-state index is -0.235. The molecular formula is C26H22N6O. The van der Waals surface area contributed by atoms with Gasteiger partial charge in [0, 0.05) is 42.0 Å². The van der Waals surface area contributed by atoms with Crippen LogP contribution in [0.25, 0.3) is 22.6 Å². The molecular weight excluding hydrogens is 412 g/mol. The fraction of sp³-hybridized carbons (Fsp3) is 0.0769. The van der Waals surface area contributed by atoms with E-state index in [9.17, 15) is 4.79 Å². The van der Waals surface area contributed by atoms with Crippen molar-refractivity contribution in [3.8, 4) is 22.6 Å². The number of aryl methyl sites for hydroxylation is 1. The number of nitrogens with zero attached hydrogens (tertiary/aromatic N) is 5. The summed E-state index contributed by atoms with van der Waals surface area (Å²) in [5.41, 5.74) is 5.76. The molecule has 0 aliphatic rings. The zero-order valence-electron chi connectivity index (χ0n) is 18.1. The van der Waals surface area contributed by atoms with E-state index in [0.29, 0.717) is 12.2 Å². The van der Waals surface area contributed by atoms with Gasteiger partial charge < -0.3 is 5.32 Å². The number of nitrogens with one attached hydrogen (secondary N) is 1. The van der Waals surface area contributed by atoms with Crippen LogP contribution in [0.3, 0.4) is 0 Å². The number of carbonyl (C=O) groups is 1. The van der Waals surface area contributed by atoms with Gasteiger partial charge in [0.15, 0.2) is 5.69 Å². The first kappa shape index (κ1) is 20.4. The van der Waals surface area contributed by atoms with E-state index in [2.05, 4.69) is 15.4 Å². The number of pyridine rings is 1. The molecule has 5 aromatic rings. The minimum Gasteiger partial charge on any atom is -0.346 e. The maximum atomic E-state index is 12.9. The molecule has 3 heterocycles. The van der Waals surface area contributed by atoms with Gasteiger partial charge in [-0.15, -0.1) is 0 Å². The Morgan fingerprint density at radius 3 is 2.24 bits per heavy atom. The van der Waals surface area contributed by atoms with Crippen molar-refractivity contribution in [2.24, 2.45) is 0 Å². The average molecular weight is 435 g/mol. The van der Waals surface area contributed by atoms with Crippen molar-refractivity contribution in [1.82, 2.24) is 29.9 Å². The molecule has 0 aliphatic carbocycles. The molecule has 0 saturated heterocycles. The number of amides is 1. The maximum Gasteiger partial charge on any atom is 0.272 e. The Bertz CT molecular complexity index is 1370. The second-order valence-electron chi connectivity index (χ2n) is 7.62. The first-order chi connectivity index (χ1) is 16.2. The largest absolute Gasteiger partial charge is 0.346 e. The number of carbonyl (C=O) groups excluding carboxylic acids is 1. The van der Waals surface area contributed by atoms with Crippen LogP contribution < -0.4 is 5.32 Å². The van der Waals surface area contributed by atoms with Crippen LogP contribution in [0.4, 0.5) is 0 Å². The Labute approximate surface area is 191 Å². The molecule has 0 bridgehead atoms. The Kier molecular flexibility index (Phi) is 5.51. The molecule has 5 rings (SSSR count). The molecule has 1 amide bonds. The van der Waals surface area contributed by atoms with Crippen LogP contribution in [0.2, 0.25) is 0 Å². The minimum absolute atomic E-state index is 0.235. The number of hydrogen-bond donors (Lipinski definition) is 1. The quantitative estimate of drug-likeness (QED) is 0.431. The molecule has 7 heteroatoms. The van der Waals surface area contributed by atoms with Crippen molar-refractivity contribution < 1.29 is 4.79 Å². The topological polar surface area (TPSA) is 77.6 Å². The summed E-state index contributed by atoms with van der Waals surface area (Å²) in [4.78, 5) is 17.0. The Morgan fingerprint density at radius 2 is 1.55 bits per heavy atom. The normalized spacial score (nSPS) is 10.8. The van der Waals surface area contributed by atoms with Gasteiger partial charge in [0.25, 0.3) is 5.91 Å². The maximum absolute atomic E-state index is 12.9. The number of benzene rings is 2. The fourth-order valence-corrected chi connectivity index (χ4v) is 3.69. The predicted molar refractivity (Wildman–Crippen MR) is 126 cm³/mol. The highest BCUT2D eigenvalue weighted by atomic mass is 16.1. The number of aromatic nitrogens is 5. The molecule has 0 fully saturated rings. The van der Waals surface area contributed by atoms with Crippen molar-refractivity contribution in [3.63, 3.8) is 0 Å². The lowest BCUT2D eigenvalue weighted by Gasteiger charge is -2.05. The number of rotatable bonds is 6. The Morgan fingerprint density at radius 1 is 0.879 bits per heavy atom. The van der Waals surface area contributed by atoms with E-state index < -0.39 is 0 Å². The van der Waals surface area contributed by atoms with Gasteiger partial charge in [-0.1, -0.05) is 36.4 Å². The third-order valence-electron chi connectivity index (χ3n) is 5.32. The first-order valence-electron chi connectivity index (χ1n) is 10.6. The SMILES string of the molecule is Cc1cc(C(=O)NCc2cn(-c3ccccc3)nc2-c2ccncc2)nn1-c1ccccc1. The summed E-state index contributed by atoms with van der Waals surface area (Å²) in [6.07, 6.45) is 5.41. The van der Waals surface area contributed by atoms with E-state index in [1.807, 2.05) is 90.6 Å². The van der Waals surface area contributed by atoms with Gasteiger partial charge in [0.05, 0.1) is 17.1 Å². The van der Waals surface area contributed by atoms with Gasteiger partial charge in [-0.05, 0) is 49.4 Å². The Hall–Kier alpha value is -4.52. The second kappa shape index (κ2) is 8.92. The molecule has 0 unspecified atom stereocenters.